The first kappa shape index (κ1) is 25.9. The Morgan fingerprint density at radius 2 is 1.04 bits per heavy atom. The first-order chi connectivity index (χ1) is 12.4. The summed E-state index contributed by atoms with van der Waals surface area (Å²) in [6, 6.07) is 0. The van der Waals surface area contributed by atoms with Crippen LogP contribution < -0.4 is 0 Å². The molecule has 0 rings (SSSR count). The summed E-state index contributed by atoms with van der Waals surface area (Å²) in [4.78, 5) is 0. The summed E-state index contributed by atoms with van der Waals surface area (Å²) in [7, 11) is -4.07. The third-order valence-corrected chi connectivity index (χ3v) is 6.50. The molecule has 0 spiro atoms. The molecule has 0 radical (unpaired) electrons. The minimum absolute atomic E-state index is 0.170. The molecule has 0 aliphatic carbocycles. The van der Waals surface area contributed by atoms with E-state index in [2.05, 4.69) is 13.8 Å². The van der Waals surface area contributed by atoms with E-state index in [-0.39, 0.29) is 6.42 Å². The molecule has 5 heteroatoms. The molecule has 2 atom stereocenters. The van der Waals surface area contributed by atoms with Crippen LogP contribution in [-0.2, 0) is 10.1 Å². The molecule has 0 aromatic rings. The van der Waals surface area contributed by atoms with Crippen LogP contribution in [0, 0.1) is 0 Å². The standard InChI is InChI=1S/C21H44O4S/c1-3-5-7-9-10-11-12-14-16-18-21(26(23,24)25)19-20(22)17-15-13-8-6-4-2/h20-22H,3-19H2,1-2H3,(H,23,24,25). The van der Waals surface area contributed by atoms with Gasteiger partial charge in [-0.1, -0.05) is 104 Å². The monoisotopic (exact) mass is 392 g/mol. The Morgan fingerprint density at radius 3 is 1.46 bits per heavy atom. The maximum absolute atomic E-state index is 11.6. The van der Waals surface area contributed by atoms with Gasteiger partial charge in [-0.15, -0.1) is 0 Å². The zero-order valence-electron chi connectivity index (χ0n) is 17.3. The molecular weight excluding hydrogens is 348 g/mol. The third kappa shape index (κ3) is 16.1. The number of hydrogen-bond donors (Lipinski definition) is 2. The van der Waals surface area contributed by atoms with Crippen molar-refractivity contribution in [1.82, 2.24) is 0 Å². The van der Waals surface area contributed by atoms with E-state index in [1.54, 1.807) is 0 Å². The smallest absolute Gasteiger partial charge is 0.267 e. The number of aliphatic hydroxyl groups is 1. The minimum atomic E-state index is -4.07. The lowest BCUT2D eigenvalue weighted by molar-refractivity contribution is 0.146. The third-order valence-electron chi connectivity index (χ3n) is 5.23. The van der Waals surface area contributed by atoms with Gasteiger partial charge in [0.25, 0.3) is 10.1 Å². The van der Waals surface area contributed by atoms with Gasteiger partial charge in [0, 0.05) is 0 Å². The Hall–Kier alpha value is -0.130. The summed E-state index contributed by atoms with van der Waals surface area (Å²) in [5.41, 5.74) is 0. The highest BCUT2D eigenvalue weighted by molar-refractivity contribution is 7.86. The molecule has 0 saturated heterocycles. The second-order valence-electron chi connectivity index (χ2n) is 7.85. The highest BCUT2D eigenvalue weighted by atomic mass is 32.2. The van der Waals surface area contributed by atoms with E-state index >= 15 is 0 Å². The molecule has 0 amide bonds. The molecule has 0 fully saturated rings. The van der Waals surface area contributed by atoms with Gasteiger partial charge in [-0.3, -0.25) is 4.55 Å². The van der Waals surface area contributed by atoms with Gasteiger partial charge < -0.3 is 5.11 Å². The second-order valence-corrected chi connectivity index (χ2v) is 9.54. The van der Waals surface area contributed by atoms with Crippen molar-refractivity contribution in [3.05, 3.63) is 0 Å². The Labute approximate surface area is 162 Å². The van der Waals surface area contributed by atoms with Crippen LogP contribution in [0.1, 0.15) is 123 Å². The number of rotatable bonds is 19. The van der Waals surface area contributed by atoms with E-state index in [9.17, 15) is 18.1 Å². The average Bonchev–Trinajstić information content (AvgIpc) is 2.58. The molecular formula is C21H44O4S. The van der Waals surface area contributed by atoms with Crippen LogP contribution in [0.25, 0.3) is 0 Å². The molecule has 0 aliphatic heterocycles. The molecule has 158 valence electrons. The van der Waals surface area contributed by atoms with Crippen molar-refractivity contribution in [2.24, 2.45) is 0 Å². The Morgan fingerprint density at radius 1 is 0.654 bits per heavy atom. The Kier molecular flexibility index (Phi) is 16.9. The average molecular weight is 393 g/mol. The summed E-state index contributed by atoms with van der Waals surface area (Å²) >= 11 is 0. The van der Waals surface area contributed by atoms with E-state index in [4.69, 9.17) is 0 Å². The van der Waals surface area contributed by atoms with Gasteiger partial charge in [0.1, 0.15) is 0 Å². The summed E-state index contributed by atoms with van der Waals surface area (Å²) < 4.78 is 32.6. The first-order valence-corrected chi connectivity index (χ1v) is 12.6. The van der Waals surface area contributed by atoms with Gasteiger partial charge in [-0.25, -0.2) is 0 Å². The maximum Gasteiger partial charge on any atom is 0.267 e. The van der Waals surface area contributed by atoms with Crippen LogP contribution in [0.2, 0.25) is 0 Å². The van der Waals surface area contributed by atoms with Crippen molar-refractivity contribution in [3.8, 4) is 0 Å². The van der Waals surface area contributed by atoms with Gasteiger partial charge >= 0.3 is 0 Å². The molecule has 0 saturated carbocycles. The molecule has 2 N–H and O–H groups in total. The van der Waals surface area contributed by atoms with Gasteiger partial charge in [-0.05, 0) is 19.3 Å². The van der Waals surface area contributed by atoms with E-state index in [1.165, 1.54) is 57.8 Å². The summed E-state index contributed by atoms with van der Waals surface area (Å²) in [6.07, 6.45) is 16.8. The van der Waals surface area contributed by atoms with Crippen LogP contribution in [-0.4, -0.2) is 29.4 Å². The van der Waals surface area contributed by atoms with E-state index in [1.807, 2.05) is 0 Å². The fourth-order valence-corrected chi connectivity index (χ4v) is 4.41. The molecule has 4 nitrogen and oxygen atoms in total. The molecule has 0 aromatic heterocycles. The lowest BCUT2D eigenvalue weighted by Gasteiger charge is -2.18. The van der Waals surface area contributed by atoms with E-state index < -0.39 is 21.5 Å². The highest BCUT2D eigenvalue weighted by Crippen LogP contribution is 2.20. The summed E-state index contributed by atoms with van der Waals surface area (Å²) in [5, 5.41) is 9.30. The van der Waals surface area contributed by atoms with Gasteiger partial charge in [0.05, 0.1) is 11.4 Å². The lowest BCUT2D eigenvalue weighted by atomic mass is 10.0. The predicted molar refractivity (Wildman–Crippen MR) is 111 cm³/mol. The zero-order valence-corrected chi connectivity index (χ0v) is 18.1. The first-order valence-electron chi connectivity index (χ1n) is 11.1. The highest BCUT2D eigenvalue weighted by Gasteiger charge is 2.25. The summed E-state index contributed by atoms with van der Waals surface area (Å²) in [5.74, 6) is 0. The molecule has 26 heavy (non-hydrogen) atoms. The molecule has 0 heterocycles. The molecule has 2 unspecified atom stereocenters. The quantitative estimate of drug-likeness (QED) is 0.200. The maximum atomic E-state index is 11.6. The normalized spacial score (nSPS) is 14.5. The topological polar surface area (TPSA) is 74.6 Å². The van der Waals surface area contributed by atoms with Crippen molar-refractivity contribution >= 4 is 10.1 Å². The van der Waals surface area contributed by atoms with Crippen LogP contribution in [0.15, 0.2) is 0 Å². The van der Waals surface area contributed by atoms with Crippen molar-refractivity contribution in [1.29, 1.82) is 0 Å². The summed E-state index contributed by atoms with van der Waals surface area (Å²) in [6.45, 7) is 4.38. The fourth-order valence-electron chi connectivity index (χ4n) is 3.48. The lowest BCUT2D eigenvalue weighted by Crippen LogP contribution is -2.26. The second kappa shape index (κ2) is 17.0. The van der Waals surface area contributed by atoms with Crippen LogP contribution >= 0.6 is 0 Å². The van der Waals surface area contributed by atoms with Crippen molar-refractivity contribution in [3.63, 3.8) is 0 Å². The number of hydrogen-bond acceptors (Lipinski definition) is 3. The number of aliphatic hydroxyl groups excluding tert-OH is 1. The zero-order chi connectivity index (χ0) is 19.7. The van der Waals surface area contributed by atoms with Crippen molar-refractivity contribution in [2.75, 3.05) is 0 Å². The Bertz CT molecular complexity index is 395. The predicted octanol–water partition coefficient (Wildman–Crippen LogP) is 6.28. The largest absolute Gasteiger partial charge is 0.393 e. The van der Waals surface area contributed by atoms with Gasteiger partial charge in [-0.2, -0.15) is 8.42 Å². The van der Waals surface area contributed by atoms with Gasteiger partial charge in [0.2, 0.25) is 0 Å². The molecule has 0 bridgehead atoms. The van der Waals surface area contributed by atoms with E-state index in [0.29, 0.717) is 12.8 Å². The molecule has 0 aliphatic rings. The fraction of sp³-hybridized carbons (Fsp3) is 1.00. The van der Waals surface area contributed by atoms with Crippen LogP contribution in [0.5, 0.6) is 0 Å². The van der Waals surface area contributed by atoms with Crippen LogP contribution in [0.4, 0.5) is 0 Å². The Balaban J connectivity index is 3.89. The van der Waals surface area contributed by atoms with Crippen molar-refractivity contribution in [2.45, 2.75) is 134 Å². The van der Waals surface area contributed by atoms with Crippen molar-refractivity contribution < 1.29 is 18.1 Å². The van der Waals surface area contributed by atoms with E-state index in [0.717, 1.165) is 32.1 Å². The molecule has 0 aromatic carbocycles. The SMILES string of the molecule is CCCCCCCCCCCC(CC(O)CCCCCCC)S(=O)(=O)O. The van der Waals surface area contributed by atoms with Crippen LogP contribution in [0.3, 0.4) is 0 Å². The van der Waals surface area contributed by atoms with Gasteiger partial charge in [0.15, 0.2) is 0 Å². The number of unbranched alkanes of at least 4 members (excludes halogenated alkanes) is 12. The minimum Gasteiger partial charge on any atom is -0.393 e.